The summed E-state index contributed by atoms with van der Waals surface area (Å²) in [5.41, 5.74) is 0.506. The van der Waals surface area contributed by atoms with Gasteiger partial charge < -0.3 is 0 Å². The molecule has 0 saturated carbocycles. The van der Waals surface area contributed by atoms with Crippen molar-refractivity contribution in [1.82, 2.24) is 0 Å². The van der Waals surface area contributed by atoms with E-state index in [0.29, 0.717) is 10.2 Å². The van der Waals surface area contributed by atoms with Crippen LogP contribution in [0.25, 0.3) is 0 Å². The summed E-state index contributed by atoms with van der Waals surface area (Å²) in [6, 6.07) is 0. The summed E-state index contributed by atoms with van der Waals surface area (Å²) in [5.74, 6) is 0. The first-order chi connectivity index (χ1) is 4.83. The molecule has 0 nitrogen and oxygen atoms in total. The van der Waals surface area contributed by atoms with Gasteiger partial charge in [0.05, 0.1) is 0 Å². The van der Waals surface area contributed by atoms with Gasteiger partial charge >= 0.3 is 0 Å². The Balaban J connectivity index is 4.02. The van der Waals surface area contributed by atoms with Crippen LogP contribution in [0, 0.1) is 5.41 Å². The van der Waals surface area contributed by atoms with Crippen LogP contribution in [0.3, 0.4) is 0 Å². The predicted octanol–water partition coefficient (Wildman–Crippen LogP) is 3.95. The molecule has 0 bridgehead atoms. The van der Waals surface area contributed by atoms with E-state index in [4.69, 9.17) is 0 Å². The van der Waals surface area contributed by atoms with E-state index < -0.39 is 0 Å². The molecule has 68 valence electrons. The average Bonchev–Trinajstić information content (AvgIpc) is 1.86. The second kappa shape index (κ2) is 3.84. The second-order valence-electron chi connectivity index (χ2n) is 4.66. The zero-order valence-corrected chi connectivity index (χ0v) is 9.64. The SMILES string of the molecule is CCC(C)(C)CC(C)(C)SC. The Morgan fingerprint density at radius 2 is 1.55 bits per heavy atom. The Morgan fingerprint density at radius 3 is 1.82 bits per heavy atom. The van der Waals surface area contributed by atoms with Crippen LogP contribution in [0.2, 0.25) is 0 Å². The van der Waals surface area contributed by atoms with Gasteiger partial charge in [0.2, 0.25) is 0 Å². The van der Waals surface area contributed by atoms with E-state index in [1.165, 1.54) is 12.8 Å². The third kappa shape index (κ3) is 4.73. The fourth-order valence-electron chi connectivity index (χ4n) is 1.35. The van der Waals surface area contributed by atoms with Crippen molar-refractivity contribution in [1.29, 1.82) is 0 Å². The zero-order chi connectivity index (χ0) is 9.12. The van der Waals surface area contributed by atoms with E-state index in [2.05, 4.69) is 40.9 Å². The maximum absolute atomic E-state index is 2.35. The summed E-state index contributed by atoms with van der Waals surface area (Å²) in [6.07, 6.45) is 4.78. The lowest BCUT2D eigenvalue weighted by molar-refractivity contribution is 0.292. The molecule has 0 rings (SSSR count). The molecule has 11 heavy (non-hydrogen) atoms. The van der Waals surface area contributed by atoms with Crippen LogP contribution in [0.15, 0.2) is 0 Å². The minimum absolute atomic E-state index is 0.444. The maximum atomic E-state index is 2.35. The van der Waals surface area contributed by atoms with Gasteiger partial charge in [-0.25, -0.2) is 0 Å². The molecule has 0 spiro atoms. The van der Waals surface area contributed by atoms with Gasteiger partial charge in [-0.05, 0) is 18.1 Å². The van der Waals surface area contributed by atoms with Gasteiger partial charge in [0.15, 0.2) is 0 Å². The van der Waals surface area contributed by atoms with Gasteiger partial charge in [0.1, 0.15) is 0 Å². The number of hydrogen-bond donors (Lipinski definition) is 0. The Hall–Kier alpha value is 0.350. The molecule has 0 aromatic carbocycles. The van der Waals surface area contributed by atoms with Crippen LogP contribution in [-0.4, -0.2) is 11.0 Å². The molecule has 0 atom stereocenters. The van der Waals surface area contributed by atoms with Crippen molar-refractivity contribution in [2.75, 3.05) is 6.26 Å². The Morgan fingerprint density at radius 1 is 1.09 bits per heavy atom. The quantitative estimate of drug-likeness (QED) is 0.622. The van der Waals surface area contributed by atoms with Gasteiger partial charge in [0.25, 0.3) is 0 Å². The van der Waals surface area contributed by atoms with Gasteiger partial charge in [-0.3, -0.25) is 0 Å². The third-order valence-electron chi connectivity index (χ3n) is 2.41. The summed E-state index contributed by atoms with van der Waals surface area (Å²) in [6.45, 7) is 11.6. The van der Waals surface area contributed by atoms with E-state index in [9.17, 15) is 0 Å². The van der Waals surface area contributed by atoms with Crippen LogP contribution in [0.1, 0.15) is 47.5 Å². The van der Waals surface area contributed by atoms with Crippen molar-refractivity contribution in [2.24, 2.45) is 5.41 Å². The maximum Gasteiger partial charge on any atom is 0.0106 e. The molecule has 1 heteroatoms. The monoisotopic (exact) mass is 174 g/mol. The average molecular weight is 174 g/mol. The van der Waals surface area contributed by atoms with E-state index in [1.807, 2.05) is 11.8 Å². The highest BCUT2D eigenvalue weighted by atomic mass is 32.2. The van der Waals surface area contributed by atoms with Crippen molar-refractivity contribution in [3.05, 3.63) is 0 Å². The highest BCUT2D eigenvalue weighted by molar-refractivity contribution is 7.99. The molecule has 0 radical (unpaired) electrons. The van der Waals surface area contributed by atoms with Gasteiger partial charge in [-0.15, -0.1) is 0 Å². The topological polar surface area (TPSA) is 0 Å². The van der Waals surface area contributed by atoms with Crippen LogP contribution in [0.5, 0.6) is 0 Å². The molecule has 0 aromatic heterocycles. The fraction of sp³-hybridized carbons (Fsp3) is 1.00. The molecule has 0 aliphatic carbocycles. The molecule has 0 saturated heterocycles. The van der Waals surface area contributed by atoms with E-state index in [1.54, 1.807) is 0 Å². The first-order valence-corrected chi connectivity index (χ1v) is 5.60. The van der Waals surface area contributed by atoms with Crippen molar-refractivity contribution in [3.8, 4) is 0 Å². The summed E-state index contributed by atoms with van der Waals surface area (Å²) in [4.78, 5) is 0. The Kier molecular flexibility index (Phi) is 3.96. The molecule has 0 heterocycles. The lowest BCUT2D eigenvalue weighted by Gasteiger charge is -2.32. The molecule has 0 aromatic rings. The van der Waals surface area contributed by atoms with Crippen molar-refractivity contribution >= 4 is 11.8 Å². The Labute approximate surface area is 76.1 Å². The lowest BCUT2D eigenvalue weighted by Crippen LogP contribution is -2.24. The Bertz CT molecular complexity index is 100. The normalized spacial score (nSPS) is 13.6. The highest BCUT2D eigenvalue weighted by Gasteiger charge is 2.26. The fourth-order valence-corrected chi connectivity index (χ4v) is 1.88. The molecular formula is C10H22S. The predicted molar refractivity (Wildman–Crippen MR) is 56.3 cm³/mol. The van der Waals surface area contributed by atoms with Gasteiger partial charge in [-0.2, -0.15) is 11.8 Å². The van der Waals surface area contributed by atoms with Crippen LogP contribution < -0.4 is 0 Å². The van der Waals surface area contributed by atoms with Crippen LogP contribution in [-0.2, 0) is 0 Å². The third-order valence-corrected chi connectivity index (χ3v) is 3.66. The lowest BCUT2D eigenvalue weighted by atomic mass is 9.81. The standard InChI is InChI=1S/C10H22S/c1-7-9(2,3)8-10(4,5)11-6/h7-8H2,1-6H3. The minimum Gasteiger partial charge on any atom is -0.159 e. The molecule has 0 fully saturated rings. The molecule has 0 unspecified atom stereocenters. The largest absolute Gasteiger partial charge is 0.159 e. The number of rotatable bonds is 4. The zero-order valence-electron chi connectivity index (χ0n) is 8.82. The molecular weight excluding hydrogens is 152 g/mol. The number of hydrogen-bond acceptors (Lipinski definition) is 1. The van der Waals surface area contributed by atoms with Crippen molar-refractivity contribution in [2.45, 2.75) is 52.2 Å². The van der Waals surface area contributed by atoms with Crippen molar-refractivity contribution in [3.63, 3.8) is 0 Å². The first-order valence-electron chi connectivity index (χ1n) is 4.38. The van der Waals surface area contributed by atoms with E-state index >= 15 is 0 Å². The summed E-state index contributed by atoms with van der Waals surface area (Å²) >= 11 is 1.97. The minimum atomic E-state index is 0.444. The molecule has 0 aliphatic rings. The first kappa shape index (κ1) is 11.4. The molecule has 0 amide bonds. The van der Waals surface area contributed by atoms with Crippen LogP contribution in [0.4, 0.5) is 0 Å². The van der Waals surface area contributed by atoms with Gasteiger partial charge in [0, 0.05) is 4.75 Å². The molecule has 0 aliphatic heterocycles. The van der Waals surface area contributed by atoms with Crippen molar-refractivity contribution < 1.29 is 0 Å². The second-order valence-corrected chi connectivity index (χ2v) is 6.17. The number of thioether (sulfide) groups is 1. The summed E-state index contributed by atoms with van der Waals surface area (Å²) in [7, 11) is 0. The summed E-state index contributed by atoms with van der Waals surface area (Å²) < 4.78 is 0.444. The highest BCUT2D eigenvalue weighted by Crippen LogP contribution is 2.37. The van der Waals surface area contributed by atoms with Crippen LogP contribution >= 0.6 is 11.8 Å². The summed E-state index contributed by atoms with van der Waals surface area (Å²) in [5, 5.41) is 0. The van der Waals surface area contributed by atoms with Gasteiger partial charge in [-0.1, -0.05) is 41.0 Å². The smallest absolute Gasteiger partial charge is 0.0106 e. The molecule has 0 N–H and O–H groups in total. The van der Waals surface area contributed by atoms with E-state index in [-0.39, 0.29) is 0 Å². The van der Waals surface area contributed by atoms with E-state index in [0.717, 1.165) is 0 Å².